The van der Waals surface area contributed by atoms with Crippen molar-refractivity contribution in [3.8, 4) is 0 Å². The second kappa shape index (κ2) is 6.23. The standard InChI is InChI=1S/C7H9FN2.H2O4S.H2O/c1-4-2-5(8)7(10)3-6(4)9;1-5(2,3)4;/h2-3H,9-10H2,1H3;(H2,1,2,3,4);1H2. The predicted octanol–water partition coefficient (Wildman–Crippen LogP) is -0.179. The van der Waals surface area contributed by atoms with Gasteiger partial charge in [-0.05, 0) is 24.6 Å². The monoisotopic (exact) mass is 256 g/mol. The number of anilines is 2. The second-order valence-electron chi connectivity index (χ2n) is 2.68. The highest BCUT2D eigenvalue weighted by molar-refractivity contribution is 7.79. The van der Waals surface area contributed by atoms with E-state index in [-0.39, 0.29) is 11.2 Å². The maximum absolute atomic E-state index is 12.6. The maximum atomic E-state index is 12.6. The van der Waals surface area contributed by atoms with Gasteiger partial charge in [-0.3, -0.25) is 9.11 Å². The number of hydrogen-bond acceptors (Lipinski definition) is 4. The Balaban J connectivity index is 0. The minimum atomic E-state index is -4.67. The third kappa shape index (κ3) is 7.94. The fourth-order valence-corrected chi connectivity index (χ4v) is 0.707. The third-order valence-electron chi connectivity index (χ3n) is 1.39. The zero-order valence-electron chi connectivity index (χ0n) is 8.31. The van der Waals surface area contributed by atoms with Gasteiger partial charge in [-0.15, -0.1) is 0 Å². The number of rotatable bonds is 0. The molecule has 1 aromatic rings. The van der Waals surface area contributed by atoms with E-state index in [1.54, 1.807) is 6.92 Å². The van der Waals surface area contributed by atoms with Crippen LogP contribution in [0.4, 0.5) is 15.8 Å². The third-order valence-corrected chi connectivity index (χ3v) is 1.39. The van der Waals surface area contributed by atoms with Gasteiger partial charge in [0.05, 0.1) is 5.69 Å². The number of nitrogens with two attached hydrogens (primary N) is 2. The summed E-state index contributed by atoms with van der Waals surface area (Å²) in [6.07, 6.45) is 0. The summed E-state index contributed by atoms with van der Waals surface area (Å²) in [5.74, 6) is -0.410. The molecule has 0 spiro atoms. The Morgan fingerprint density at radius 3 is 1.88 bits per heavy atom. The average Bonchev–Trinajstić information content (AvgIpc) is 1.98. The van der Waals surface area contributed by atoms with Crippen molar-refractivity contribution in [2.45, 2.75) is 6.92 Å². The largest absolute Gasteiger partial charge is 0.412 e. The van der Waals surface area contributed by atoms with Crippen LogP contribution in [0, 0.1) is 12.7 Å². The van der Waals surface area contributed by atoms with Gasteiger partial charge >= 0.3 is 10.4 Å². The molecule has 0 aliphatic carbocycles. The van der Waals surface area contributed by atoms with Crippen LogP contribution in [0.25, 0.3) is 0 Å². The smallest absolute Gasteiger partial charge is 0.394 e. The summed E-state index contributed by atoms with van der Waals surface area (Å²) in [6, 6.07) is 2.75. The Morgan fingerprint density at radius 2 is 1.56 bits per heavy atom. The molecule has 9 heteroatoms. The Kier molecular flexibility index (Phi) is 6.61. The van der Waals surface area contributed by atoms with E-state index in [2.05, 4.69) is 0 Å². The van der Waals surface area contributed by atoms with Crippen molar-refractivity contribution in [3.05, 3.63) is 23.5 Å². The van der Waals surface area contributed by atoms with E-state index in [0.29, 0.717) is 11.3 Å². The highest BCUT2D eigenvalue weighted by Crippen LogP contribution is 2.17. The fourth-order valence-electron chi connectivity index (χ4n) is 0.707. The van der Waals surface area contributed by atoms with Crippen LogP contribution in [0.2, 0.25) is 0 Å². The highest BCUT2D eigenvalue weighted by atomic mass is 32.3. The number of hydrogen-bond donors (Lipinski definition) is 4. The lowest BCUT2D eigenvalue weighted by molar-refractivity contribution is 0.381. The van der Waals surface area contributed by atoms with Gasteiger partial charge < -0.3 is 16.9 Å². The SMILES string of the molecule is Cc1cc(F)c(N)cc1N.O.O=S(=O)(O)O. The molecule has 0 fully saturated rings. The summed E-state index contributed by atoms with van der Waals surface area (Å²) in [5, 5.41) is 0. The Bertz CT molecular complexity index is 390. The molecule has 0 unspecified atom stereocenters. The quantitative estimate of drug-likeness (QED) is 0.372. The van der Waals surface area contributed by atoms with Crippen LogP contribution in [-0.4, -0.2) is 23.0 Å². The molecule has 0 radical (unpaired) electrons. The van der Waals surface area contributed by atoms with E-state index in [9.17, 15) is 4.39 Å². The predicted molar refractivity (Wildman–Crippen MR) is 57.8 cm³/mol. The minimum absolute atomic E-state index is 0. The average molecular weight is 256 g/mol. The molecule has 16 heavy (non-hydrogen) atoms. The zero-order valence-corrected chi connectivity index (χ0v) is 9.12. The lowest BCUT2D eigenvalue weighted by Crippen LogP contribution is -1.96. The van der Waals surface area contributed by atoms with Gasteiger partial charge in [-0.25, -0.2) is 4.39 Å². The lowest BCUT2D eigenvalue weighted by atomic mass is 10.2. The summed E-state index contributed by atoms with van der Waals surface area (Å²) >= 11 is 0. The molecular weight excluding hydrogens is 243 g/mol. The Hall–Kier alpha value is -1.42. The molecule has 0 aliphatic rings. The molecular formula is C7H13FN2O5S. The van der Waals surface area contributed by atoms with E-state index in [1.165, 1.54) is 12.1 Å². The Morgan fingerprint density at radius 1 is 1.19 bits per heavy atom. The first-order chi connectivity index (χ1) is 6.61. The summed E-state index contributed by atoms with van der Waals surface area (Å²) in [7, 11) is -4.67. The van der Waals surface area contributed by atoms with Gasteiger partial charge in [0.25, 0.3) is 0 Å². The molecule has 1 aromatic carbocycles. The molecule has 0 aliphatic heterocycles. The first-order valence-electron chi connectivity index (χ1n) is 3.62. The number of aryl methyl sites for hydroxylation is 1. The molecule has 0 amide bonds. The van der Waals surface area contributed by atoms with Crippen molar-refractivity contribution in [3.63, 3.8) is 0 Å². The van der Waals surface area contributed by atoms with Crippen LogP contribution in [0.3, 0.4) is 0 Å². The first kappa shape index (κ1) is 17.0. The van der Waals surface area contributed by atoms with Crippen molar-refractivity contribution in [1.29, 1.82) is 0 Å². The van der Waals surface area contributed by atoms with Crippen molar-refractivity contribution >= 4 is 21.8 Å². The normalized spacial score (nSPS) is 9.75. The van der Waals surface area contributed by atoms with Gasteiger partial charge in [0.1, 0.15) is 5.82 Å². The molecule has 7 nitrogen and oxygen atoms in total. The molecule has 1 rings (SSSR count). The number of nitrogen functional groups attached to an aromatic ring is 2. The molecule has 0 heterocycles. The van der Waals surface area contributed by atoms with E-state index in [0.717, 1.165) is 0 Å². The van der Waals surface area contributed by atoms with Crippen LogP contribution in [0.15, 0.2) is 12.1 Å². The molecule has 0 aromatic heterocycles. The molecule has 8 N–H and O–H groups in total. The van der Waals surface area contributed by atoms with Crippen LogP contribution in [0.1, 0.15) is 5.56 Å². The van der Waals surface area contributed by atoms with E-state index in [1.807, 2.05) is 0 Å². The minimum Gasteiger partial charge on any atom is -0.412 e. The van der Waals surface area contributed by atoms with Crippen LogP contribution in [-0.2, 0) is 10.4 Å². The molecule has 0 atom stereocenters. The number of halogens is 1. The summed E-state index contributed by atoms with van der Waals surface area (Å²) in [4.78, 5) is 0. The maximum Gasteiger partial charge on any atom is 0.394 e. The van der Waals surface area contributed by atoms with Crippen LogP contribution >= 0.6 is 0 Å². The van der Waals surface area contributed by atoms with Gasteiger partial charge in [0.2, 0.25) is 0 Å². The summed E-state index contributed by atoms with van der Waals surface area (Å²) in [6.45, 7) is 1.73. The Labute approximate surface area is 91.8 Å². The topological polar surface area (TPSA) is 158 Å². The molecule has 0 saturated heterocycles. The summed E-state index contributed by atoms with van der Waals surface area (Å²) in [5.41, 5.74) is 12.0. The molecule has 0 bridgehead atoms. The van der Waals surface area contributed by atoms with E-state index in [4.69, 9.17) is 29.0 Å². The first-order valence-corrected chi connectivity index (χ1v) is 5.02. The van der Waals surface area contributed by atoms with E-state index < -0.39 is 16.2 Å². The van der Waals surface area contributed by atoms with Crippen LogP contribution < -0.4 is 11.5 Å². The summed E-state index contributed by atoms with van der Waals surface area (Å²) < 4.78 is 44.2. The van der Waals surface area contributed by atoms with Gasteiger partial charge in [0, 0.05) is 5.69 Å². The highest BCUT2D eigenvalue weighted by Gasteiger charge is 1.99. The molecule has 94 valence electrons. The van der Waals surface area contributed by atoms with Crippen molar-refractivity contribution < 1.29 is 27.4 Å². The fraction of sp³-hybridized carbons (Fsp3) is 0.143. The van der Waals surface area contributed by atoms with Gasteiger partial charge in [-0.2, -0.15) is 8.42 Å². The van der Waals surface area contributed by atoms with Crippen LogP contribution in [0.5, 0.6) is 0 Å². The van der Waals surface area contributed by atoms with Crippen molar-refractivity contribution in [2.75, 3.05) is 11.5 Å². The van der Waals surface area contributed by atoms with Gasteiger partial charge in [0.15, 0.2) is 0 Å². The number of benzene rings is 1. The van der Waals surface area contributed by atoms with Crippen molar-refractivity contribution in [2.24, 2.45) is 0 Å². The second-order valence-corrected chi connectivity index (χ2v) is 3.57. The van der Waals surface area contributed by atoms with Crippen molar-refractivity contribution in [1.82, 2.24) is 0 Å². The molecule has 0 saturated carbocycles. The zero-order chi connectivity index (χ0) is 12.2. The van der Waals surface area contributed by atoms with Gasteiger partial charge in [-0.1, -0.05) is 0 Å². The van der Waals surface area contributed by atoms with E-state index >= 15 is 0 Å². The lowest BCUT2D eigenvalue weighted by Gasteiger charge is -2.01.